The van der Waals surface area contributed by atoms with Gasteiger partial charge in [-0.2, -0.15) is 0 Å². The van der Waals surface area contributed by atoms with Crippen molar-refractivity contribution in [3.63, 3.8) is 0 Å². The van der Waals surface area contributed by atoms with E-state index in [0.717, 1.165) is 11.1 Å². The highest BCUT2D eigenvalue weighted by Gasteiger charge is 2.19. The van der Waals surface area contributed by atoms with Crippen LogP contribution in [0, 0.1) is 18.6 Å². The van der Waals surface area contributed by atoms with Gasteiger partial charge in [0.25, 0.3) is 0 Å². The average molecular weight is 544 g/mol. The first-order valence-corrected chi connectivity index (χ1v) is 10.4. The minimum atomic E-state index is -0.286. The van der Waals surface area contributed by atoms with E-state index >= 15 is 0 Å². The van der Waals surface area contributed by atoms with Crippen LogP contribution in [0.2, 0.25) is 0 Å². The Bertz CT molecular complexity index is 886. The summed E-state index contributed by atoms with van der Waals surface area (Å²) in [6.07, 6.45) is 1.04. The molecule has 2 aromatic carbocycles. The molecule has 0 atom stereocenters. The molecule has 0 amide bonds. The molecule has 0 saturated carbocycles. The molecule has 31 heavy (non-hydrogen) atoms. The van der Waals surface area contributed by atoms with E-state index in [0.29, 0.717) is 62.8 Å². The van der Waals surface area contributed by atoms with Gasteiger partial charge in [-0.15, -0.1) is 24.0 Å². The molecule has 1 fully saturated rings. The number of aryl methyl sites for hydroxylation is 1. The Kier molecular flexibility index (Phi) is 9.95. The number of aliphatic hydroxyl groups is 1. The molecule has 1 saturated heterocycles. The molecule has 5 nitrogen and oxygen atoms in total. The van der Waals surface area contributed by atoms with Crippen LogP contribution in [0.5, 0.6) is 0 Å². The highest BCUT2D eigenvalue weighted by molar-refractivity contribution is 14.0. The second-order valence-corrected chi connectivity index (χ2v) is 7.64. The van der Waals surface area contributed by atoms with Crippen molar-refractivity contribution in [3.05, 3.63) is 64.7 Å². The lowest BCUT2D eigenvalue weighted by Crippen LogP contribution is -2.36. The van der Waals surface area contributed by atoms with Crippen LogP contribution in [0.15, 0.2) is 41.4 Å². The third-order valence-corrected chi connectivity index (χ3v) is 5.28. The molecule has 0 aliphatic carbocycles. The van der Waals surface area contributed by atoms with E-state index in [4.69, 9.17) is 0 Å². The van der Waals surface area contributed by atoms with Crippen LogP contribution in [0.3, 0.4) is 0 Å². The summed E-state index contributed by atoms with van der Waals surface area (Å²) in [7, 11) is 0. The third-order valence-electron chi connectivity index (χ3n) is 5.28. The van der Waals surface area contributed by atoms with Gasteiger partial charge in [-0.05, 0) is 61.6 Å². The number of halogens is 3. The summed E-state index contributed by atoms with van der Waals surface area (Å²) in [5, 5.41) is 16.0. The molecular formula is C23H31F2IN4O. The normalized spacial score (nSPS) is 14.9. The van der Waals surface area contributed by atoms with Crippen molar-refractivity contribution in [1.82, 2.24) is 10.6 Å². The van der Waals surface area contributed by atoms with E-state index in [2.05, 4.69) is 15.6 Å². The average Bonchev–Trinajstić information content (AvgIpc) is 2.73. The third kappa shape index (κ3) is 7.31. The molecule has 170 valence electrons. The Balaban J connectivity index is 0.00000341. The van der Waals surface area contributed by atoms with Gasteiger partial charge in [0.2, 0.25) is 0 Å². The Labute approximate surface area is 200 Å². The zero-order chi connectivity index (χ0) is 21.5. The largest absolute Gasteiger partial charge is 0.393 e. The molecular weight excluding hydrogens is 513 g/mol. The predicted octanol–water partition coefficient (Wildman–Crippen LogP) is 4.11. The molecule has 0 bridgehead atoms. The predicted molar refractivity (Wildman–Crippen MR) is 132 cm³/mol. The van der Waals surface area contributed by atoms with Crippen molar-refractivity contribution >= 4 is 35.6 Å². The van der Waals surface area contributed by atoms with Crippen LogP contribution < -0.4 is 15.5 Å². The maximum absolute atomic E-state index is 14.6. The number of rotatable bonds is 6. The minimum absolute atomic E-state index is 0. The summed E-state index contributed by atoms with van der Waals surface area (Å²) in [5.74, 6) is 0.0928. The van der Waals surface area contributed by atoms with Gasteiger partial charge >= 0.3 is 0 Å². The number of nitrogens with one attached hydrogen (secondary N) is 2. The summed E-state index contributed by atoms with van der Waals surface area (Å²) in [6, 6.07) is 10.3. The molecule has 0 unspecified atom stereocenters. The van der Waals surface area contributed by atoms with Gasteiger partial charge in [0.05, 0.1) is 18.3 Å². The Hall–Kier alpha value is -1.94. The molecule has 1 aliphatic rings. The van der Waals surface area contributed by atoms with E-state index in [1.165, 1.54) is 12.1 Å². The number of piperidine rings is 1. The summed E-state index contributed by atoms with van der Waals surface area (Å²) in [5.41, 5.74) is 2.78. The SMILES string of the molecule is CCNC(=NCc1ccc(N2CCC(O)CC2)c(F)c1)NCc1ccc(C)c(F)c1.I. The first-order valence-electron chi connectivity index (χ1n) is 10.4. The number of anilines is 1. The van der Waals surface area contributed by atoms with Crippen molar-refractivity contribution in [2.24, 2.45) is 4.99 Å². The highest BCUT2D eigenvalue weighted by atomic mass is 127. The molecule has 1 heterocycles. The first kappa shape index (κ1) is 25.3. The van der Waals surface area contributed by atoms with Crippen LogP contribution in [0.1, 0.15) is 36.5 Å². The summed E-state index contributed by atoms with van der Waals surface area (Å²) < 4.78 is 28.3. The number of guanidine groups is 1. The molecule has 1 aliphatic heterocycles. The van der Waals surface area contributed by atoms with Crippen LogP contribution in [-0.4, -0.2) is 36.8 Å². The van der Waals surface area contributed by atoms with Crippen molar-refractivity contribution in [2.75, 3.05) is 24.5 Å². The van der Waals surface area contributed by atoms with Crippen LogP contribution >= 0.6 is 24.0 Å². The fourth-order valence-electron chi connectivity index (χ4n) is 3.46. The number of hydrogen-bond donors (Lipinski definition) is 3. The zero-order valence-corrected chi connectivity index (χ0v) is 20.3. The molecule has 0 spiro atoms. The molecule has 0 radical (unpaired) electrons. The molecule has 8 heteroatoms. The smallest absolute Gasteiger partial charge is 0.191 e. The molecule has 2 aromatic rings. The van der Waals surface area contributed by atoms with Gasteiger partial charge < -0.3 is 20.6 Å². The van der Waals surface area contributed by atoms with E-state index in [1.54, 1.807) is 19.1 Å². The lowest BCUT2D eigenvalue weighted by Gasteiger charge is -2.31. The lowest BCUT2D eigenvalue weighted by molar-refractivity contribution is 0.145. The summed E-state index contributed by atoms with van der Waals surface area (Å²) >= 11 is 0. The second-order valence-electron chi connectivity index (χ2n) is 7.64. The van der Waals surface area contributed by atoms with Crippen molar-refractivity contribution in [1.29, 1.82) is 0 Å². The highest BCUT2D eigenvalue weighted by Crippen LogP contribution is 2.24. The van der Waals surface area contributed by atoms with Crippen LogP contribution in [0.25, 0.3) is 0 Å². The number of aliphatic hydroxyl groups excluding tert-OH is 1. The molecule has 3 N–H and O–H groups in total. The summed E-state index contributed by atoms with van der Waals surface area (Å²) in [6.45, 7) is 6.46. The number of benzene rings is 2. The molecule has 3 rings (SSSR count). The van der Waals surface area contributed by atoms with Crippen LogP contribution in [0.4, 0.5) is 14.5 Å². The summed E-state index contributed by atoms with van der Waals surface area (Å²) in [4.78, 5) is 6.49. The van der Waals surface area contributed by atoms with Gasteiger partial charge in [0.1, 0.15) is 11.6 Å². The maximum atomic E-state index is 14.6. The maximum Gasteiger partial charge on any atom is 0.191 e. The quantitative estimate of drug-likeness (QED) is 0.291. The van der Waals surface area contributed by atoms with Crippen molar-refractivity contribution in [3.8, 4) is 0 Å². The van der Waals surface area contributed by atoms with Crippen molar-refractivity contribution in [2.45, 2.75) is 45.9 Å². The van der Waals surface area contributed by atoms with E-state index in [9.17, 15) is 13.9 Å². The molecule has 0 aromatic heterocycles. The standard InChI is InChI=1S/C23H30F2N4O.HI/c1-3-26-23(27-14-17-5-4-16(2)20(24)12-17)28-15-18-6-7-22(21(25)13-18)29-10-8-19(30)9-11-29;/h4-7,12-13,19,30H,3,8-11,14-15H2,1-2H3,(H2,26,27,28);1H. The van der Waals surface area contributed by atoms with Crippen LogP contribution in [-0.2, 0) is 13.1 Å². The topological polar surface area (TPSA) is 59.9 Å². The van der Waals surface area contributed by atoms with E-state index in [1.807, 2.05) is 24.0 Å². The Morgan fingerprint density at radius 2 is 1.74 bits per heavy atom. The van der Waals surface area contributed by atoms with Gasteiger partial charge in [-0.1, -0.05) is 18.2 Å². The van der Waals surface area contributed by atoms with Gasteiger partial charge in [-0.3, -0.25) is 0 Å². The Morgan fingerprint density at radius 3 is 2.39 bits per heavy atom. The minimum Gasteiger partial charge on any atom is -0.393 e. The number of aliphatic imine (C=N–C) groups is 1. The fourth-order valence-corrected chi connectivity index (χ4v) is 3.46. The van der Waals surface area contributed by atoms with Crippen molar-refractivity contribution < 1.29 is 13.9 Å². The zero-order valence-electron chi connectivity index (χ0n) is 18.0. The van der Waals surface area contributed by atoms with Gasteiger partial charge in [-0.25, -0.2) is 13.8 Å². The van der Waals surface area contributed by atoms with E-state index < -0.39 is 0 Å². The lowest BCUT2D eigenvalue weighted by atomic mass is 10.1. The van der Waals surface area contributed by atoms with Gasteiger partial charge in [0.15, 0.2) is 5.96 Å². The Morgan fingerprint density at radius 1 is 1.06 bits per heavy atom. The van der Waals surface area contributed by atoms with E-state index in [-0.39, 0.29) is 41.7 Å². The second kappa shape index (κ2) is 12.2. The van der Waals surface area contributed by atoms with Gasteiger partial charge in [0, 0.05) is 26.2 Å². The first-order chi connectivity index (χ1) is 14.5. The monoisotopic (exact) mass is 544 g/mol. The number of hydrogen-bond acceptors (Lipinski definition) is 3. The number of nitrogens with zero attached hydrogens (tertiary/aromatic N) is 2. The fraction of sp³-hybridized carbons (Fsp3) is 0.435.